The van der Waals surface area contributed by atoms with Crippen LogP contribution in [0.1, 0.15) is 36.6 Å². The first kappa shape index (κ1) is 25.7. The number of aliphatic hydroxyl groups excluding tert-OH is 1. The third-order valence-electron chi connectivity index (χ3n) is 7.00. The fourth-order valence-corrected chi connectivity index (χ4v) is 6.21. The number of Topliss-reactive ketones (excluding diaryl/α,β-unsaturated/α-hetero) is 1. The number of thiazole rings is 1. The van der Waals surface area contributed by atoms with Gasteiger partial charge in [-0.15, -0.1) is 0 Å². The van der Waals surface area contributed by atoms with Crippen LogP contribution < -0.4 is 19.1 Å². The number of carbonyl (C=O) groups excluding carboxylic acids is 2. The maximum absolute atomic E-state index is 13.6. The van der Waals surface area contributed by atoms with Crippen molar-refractivity contribution in [3.8, 4) is 23.0 Å². The quantitative estimate of drug-likeness (QED) is 0.185. The first-order chi connectivity index (χ1) is 19.3. The van der Waals surface area contributed by atoms with Gasteiger partial charge >= 0.3 is 5.91 Å². The number of carbonyl (C=O) groups is 2. The van der Waals surface area contributed by atoms with Crippen molar-refractivity contribution in [2.45, 2.75) is 32.4 Å². The fourth-order valence-electron chi connectivity index (χ4n) is 5.19. The lowest BCUT2D eigenvalue weighted by Crippen LogP contribution is -2.29. The number of amides is 1. The van der Waals surface area contributed by atoms with Gasteiger partial charge in [-0.3, -0.25) is 14.5 Å². The number of ketones is 1. The summed E-state index contributed by atoms with van der Waals surface area (Å²) in [6, 6.07) is 14.2. The molecule has 3 aromatic carbocycles. The molecule has 6 rings (SSSR count). The number of aromatic nitrogens is 1. The van der Waals surface area contributed by atoms with Crippen LogP contribution in [-0.4, -0.2) is 46.7 Å². The lowest BCUT2D eigenvalue weighted by Gasteiger charge is -2.23. The second-order valence-corrected chi connectivity index (χ2v) is 10.6. The predicted molar refractivity (Wildman–Crippen MR) is 150 cm³/mol. The fraction of sp³-hybridized carbons (Fsp3) is 0.233. The summed E-state index contributed by atoms with van der Waals surface area (Å²) in [5.74, 6) is -0.501. The second kappa shape index (κ2) is 9.87. The smallest absolute Gasteiger partial charge is 0.301 e. The standard InChI is InChI=1S/C30H26N2O7S/c1-4-38-19-7-8-20-24(14-19)40-30(31-20)32-26(16-5-9-21(33)23(13-16)37-3)25(28(35)29(32)36)27(34)17-6-10-22-18(12-17)11-15(2)39-22/h5-10,12-15,26,33-34H,4,11H2,1-3H3/b27-25+. The Kier molecular flexibility index (Phi) is 6.34. The Morgan fingerprint density at radius 3 is 2.75 bits per heavy atom. The van der Waals surface area contributed by atoms with Crippen molar-refractivity contribution in [1.29, 1.82) is 0 Å². The zero-order valence-corrected chi connectivity index (χ0v) is 22.8. The summed E-state index contributed by atoms with van der Waals surface area (Å²) in [6.45, 7) is 4.35. The molecule has 0 aliphatic carbocycles. The lowest BCUT2D eigenvalue weighted by atomic mass is 9.94. The van der Waals surface area contributed by atoms with Crippen molar-refractivity contribution in [2.24, 2.45) is 0 Å². The highest BCUT2D eigenvalue weighted by atomic mass is 32.1. The number of phenols is 1. The number of ether oxygens (including phenoxy) is 3. The van der Waals surface area contributed by atoms with E-state index in [0.29, 0.717) is 35.4 Å². The van der Waals surface area contributed by atoms with Gasteiger partial charge in [0.05, 0.1) is 35.5 Å². The Morgan fingerprint density at radius 1 is 1.15 bits per heavy atom. The molecular formula is C30H26N2O7S. The van der Waals surface area contributed by atoms with E-state index in [-0.39, 0.29) is 34.1 Å². The molecule has 1 aromatic heterocycles. The molecular weight excluding hydrogens is 532 g/mol. The second-order valence-electron chi connectivity index (χ2n) is 9.61. The van der Waals surface area contributed by atoms with Crippen LogP contribution in [0.5, 0.6) is 23.0 Å². The number of anilines is 1. The topological polar surface area (TPSA) is 118 Å². The lowest BCUT2D eigenvalue weighted by molar-refractivity contribution is -0.132. The zero-order chi connectivity index (χ0) is 28.1. The van der Waals surface area contributed by atoms with Crippen LogP contribution in [0, 0.1) is 0 Å². The molecule has 204 valence electrons. The van der Waals surface area contributed by atoms with E-state index < -0.39 is 17.7 Å². The number of nitrogens with zero attached hydrogens (tertiary/aromatic N) is 2. The molecule has 3 heterocycles. The largest absolute Gasteiger partial charge is 0.507 e. The van der Waals surface area contributed by atoms with Gasteiger partial charge < -0.3 is 24.4 Å². The number of benzene rings is 3. The van der Waals surface area contributed by atoms with Gasteiger partial charge in [0.2, 0.25) is 0 Å². The van der Waals surface area contributed by atoms with E-state index in [0.717, 1.165) is 16.0 Å². The van der Waals surface area contributed by atoms with Gasteiger partial charge in [-0.05, 0) is 73.5 Å². The first-order valence-electron chi connectivity index (χ1n) is 12.8. The van der Waals surface area contributed by atoms with E-state index >= 15 is 0 Å². The molecule has 2 N–H and O–H groups in total. The summed E-state index contributed by atoms with van der Waals surface area (Å²) in [5, 5.41) is 22.1. The molecule has 0 radical (unpaired) electrons. The number of fused-ring (bicyclic) bond motifs is 2. The Hall–Kier alpha value is -4.57. The molecule has 40 heavy (non-hydrogen) atoms. The highest BCUT2D eigenvalue weighted by molar-refractivity contribution is 7.22. The van der Waals surface area contributed by atoms with Crippen molar-refractivity contribution in [1.82, 2.24) is 4.98 Å². The Balaban J connectivity index is 1.53. The number of aliphatic hydroxyl groups is 1. The molecule has 4 aromatic rings. The molecule has 1 fully saturated rings. The molecule has 2 atom stereocenters. The minimum absolute atomic E-state index is 0.00437. The Bertz CT molecular complexity index is 1710. The SMILES string of the molecule is CCOc1ccc2nc(N3C(=O)C(=O)/C(=C(/O)c4ccc5c(c4)CC(C)O5)C3c3ccc(O)c(OC)c3)sc2c1. The number of methoxy groups -OCH3 is 1. The zero-order valence-electron chi connectivity index (χ0n) is 22.0. The van der Waals surface area contributed by atoms with Gasteiger partial charge in [0.25, 0.3) is 5.78 Å². The number of aromatic hydroxyl groups is 1. The van der Waals surface area contributed by atoms with E-state index in [9.17, 15) is 19.8 Å². The molecule has 1 saturated heterocycles. The number of hydrogen-bond acceptors (Lipinski definition) is 9. The van der Waals surface area contributed by atoms with E-state index in [1.165, 1.54) is 29.4 Å². The average Bonchev–Trinajstić information content (AvgIpc) is 3.60. The normalized spacial score (nSPS) is 19.6. The van der Waals surface area contributed by atoms with Crippen LogP contribution in [0.3, 0.4) is 0 Å². The van der Waals surface area contributed by atoms with Crippen LogP contribution in [0.2, 0.25) is 0 Å². The highest BCUT2D eigenvalue weighted by Crippen LogP contribution is 2.46. The van der Waals surface area contributed by atoms with Crippen LogP contribution in [0.15, 0.2) is 60.2 Å². The van der Waals surface area contributed by atoms with Gasteiger partial charge in [0.15, 0.2) is 16.6 Å². The summed E-state index contributed by atoms with van der Waals surface area (Å²) in [5.41, 5.74) is 2.32. The summed E-state index contributed by atoms with van der Waals surface area (Å²) >= 11 is 1.24. The molecule has 2 aliphatic heterocycles. The van der Waals surface area contributed by atoms with Crippen LogP contribution in [-0.2, 0) is 16.0 Å². The van der Waals surface area contributed by atoms with Crippen molar-refractivity contribution in [2.75, 3.05) is 18.6 Å². The van der Waals surface area contributed by atoms with Crippen LogP contribution >= 0.6 is 11.3 Å². The van der Waals surface area contributed by atoms with E-state index in [4.69, 9.17) is 14.2 Å². The highest BCUT2D eigenvalue weighted by Gasteiger charge is 2.48. The average molecular weight is 559 g/mol. The van der Waals surface area contributed by atoms with Crippen molar-refractivity contribution < 1.29 is 34.0 Å². The third kappa shape index (κ3) is 4.21. The molecule has 0 saturated carbocycles. The summed E-state index contributed by atoms with van der Waals surface area (Å²) in [4.78, 5) is 33.1. The van der Waals surface area contributed by atoms with E-state index in [1.807, 2.05) is 19.9 Å². The Morgan fingerprint density at radius 2 is 1.98 bits per heavy atom. The molecule has 1 amide bonds. The summed E-state index contributed by atoms with van der Waals surface area (Å²) < 4.78 is 17.5. The monoisotopic (exact) mass is 558 g/mol. The summed E-state index contributed by atoms with van der Waals surface area (Å²) in [7, 11) is 1.41. The number of hydrogen-bond donors (Lipinski definition) is 2. The molecule has 9 nitrogen and oxygen atoms in total. The minimum Gasteiger partial charge on any atom is -0.507 e. The van der Waals surface area contributed by atoms with Gasteiger partial charge in [-0.2, -0.15) is 0 Å². The predicted octanol–water partition coefficient (Wildman–Crippen LogP) is 5.36. The van der Waals surface area contributed by atoms with Gasteiger partial charge in [-0.25, -0.2) is 4.98 Å². The van der Waals surface area contributed by atoms with Gasteiger partial charge in [0.1, 0.15) is 23.4 Å². The maximum atomic E-state index is 13.6. The number of rotatable bonds is 6. The third-order valence-corrected chi connectivity index (χ3v) is 8.02. The molecule has 2 aliphatic rings. The van der Waals surface area contributed by atoms with Crippen molar-refractivity contribution in [3.05, 3.63) is 76.9 Å². The maximum Gasteiger partial charge on any atom is 0.301 e. The number of phenolic OH excluding ortho intramolecular Hbond substituents is 1. The molecule has 0 spiro atoms. The van der Waals surface area contributed by atoms with Crippen LogP contribution in [0.4, 0.5) is 5.13 Å². The summed E-state index contributed by atoms with van der Waals surface area (Å²) in [6.07, 6.45) is 0.670. The van der Waals surface area contributed by atoms with Crippen LogP contribution in [0.25, 0.3) is 16.0 Å². The molecule has 0 bridgehead atoms. The van der Waals surface area contributed by atoms with Gasteiger partial charge in [-0.1, -0.05) is 17.4 Å². The minimum atomic E-state index is -1.02. The first-order valence-corrected chi connectivity index (χ1v) is 13.6. The van der Waals surface area contributed by atoms with E-state index in [2.05, 4.69) is 4.98 Å². The van der Waals surface area contributed by atoms with Gasteiger partial charge in [0, 0.05) is 12.0 Å². The van der Waals surface area contributed by atoms with E-state index in [1.54, 1.807) is 42.5 Å². The Labute approximate surface area is 233 Å². The molecule has 10 heteroatoms. The van der Waals surface area contributed by atoms with Crippen molar-refractivity contribution in [3.63, 3.8) is 0 Å². The van der Waals surface area contributed by atoms with Crippen molar-refractivity contribution >= 4 is 44.1 Å². The molecule has 2 unspecified atom stereocenters.